The molecule has 18 heavy (non-hydrogen) atoms. The average molecular weight is 253 g/mol. The number of aryl methyl sites for hydroxylation is 1. The third kappa shape index (κ3) is 3.57. The van der Waals surface area contributed by atoms with Crippen molar-refractivity contribution in [2.75, 3.05) is 20.1 Å². The molecule has 0 aliphatic carbocycles. The highest BCUT2D eigenvalue weighted by molar-refractivity contribution is 5.93. The van der Waals surface area contributed by atoms with Gasteiger partial charge in [-0.1, -0.05) is 25.9 Å². The highest BCUT2D eigenvalue weighted by Gasteiger charge is 2.21. The van der Waals surface area contributed by atoms with Crippen LogP contribution < -0.4 is 10.6 Å². The molecule has 0 fully saturated rings. The highest BCUT2D eigenvalue weighted by atomic mass is 16.5. The predicted octanol–water partition coefficient (Wildman–Crippen LogP) is 1.52. The van der Waals surface area contributed by atoms with E-state index in [-0.39, 0.29) is 11.3 Å². The molecule has 0 saturated carbocycles. The summed E-state index contributed by atoms with van der Waals surface area (Å²) in [6.07, 6.45) is 0.747. The van der Waals surface area contributed by atoms with Crippen LogP contribution in [0.4, 0.5) is 0 Å². The number of carbonyl (C=O) groups is 1. The van der Waals surface area contributed by atoms with Crippen LogP contribution in [-0.2, 0) is 6.42 Å². The molecule has 0 atom stereocenters. The first kappa shape index (κ1) is 14.7. The zero-order valence-electron chi connectivity index (χ0n) is 11.9. The number of rotatable bonds is 6. The molecule has 5 nitrogen and oxygen atoms in total. The summed E-state index contributed by atoms with van der Waals surface area (Å²) in [7, 11) is 1.90. The van der Waals surface area contributed by atoms with Crippen LogP contribution in [0.1, 0.15) is 42.6 Å². The predicted molar refractivity (Wildman–Crippen MR) is 70.7 cm³/mol. The van der Waals surface area contributed by atoms with E-state index in [0.717, 1.165) is 24.3 Å². The van der Waals surface area contributed by atoms with Crippen molar-refractivity contribution >= 4 is 5.91 Å². The molecule has 102 valence electrons. The minimum Gasteiger partial charge on any atom is -0.360 e. The zero-order valence-corrected chi connectivity index (χ0v) is 11.9. The zero-order chi connectivity index (χ0) is 13.8. The van der Waals surface area contributed by atoms with E-state index in [4.69, 9.17) is 4.52 Å². The van der Waals surface area contributed by atoms with Crippen molar-refractivity contribution < 1.29 is 9.32 Å². The third-order valence-corrected chi connectivity index (χ3v) is 2.94. The van der Waals surface area contributed by atoms with Crippen LogP contribution in [0.3, 0.4) is 0 Å². The Hall–Kier alpha value is -1.36. The molecule has 0 unspecified atom stereocenters. The van der Waals surface area contributed by atoms with E-state index in [1.54, 1.807) is 0 Å². The molecule has 1 heterocycles. The van der Waals surface area contributed by atoms with Gasteiger partial charge >= 0.3 is 0 Å². The molecule has 0 saturated heterocycles. The van der Waals surface area contributed by atoms with E-state index in [0.29, 0.717) is 12.2 Å². The van der Waals surface area contributed by atoms with Crippen molar-refractivity contribution in [3.63, 3.8) is 0 Å². The second-order valence-electron chi connectivity index (χ2n) is 5.31. The molecule has 0 spiro atoms. The van der Waals surface area contributed by atoms with Gasteiger partial charge in [-0.15, -0.1) is 0 Å². The van der Waals surface area contributed by atoms with Crippen LogP contribution in [0.2, 0.25) is 0 Å². The van der Waals surface area contributed by atoms with Crippen molar-refractivity contribution in [1.82, 2.24) is 15.8 Å². The van der Waals surface area contributed by atoms with Crippen molar-refractivity contribution in [2.24, 2.45) is 5.41 Å². The van der Waals surface area contributed by atoms with E-state index in [1.165, 1.54) is 0 Å². The van der Waals surface area contributed by atoms with Crippen LogP contribution in [0.5, 0.6) is 0 Å². The Morgan fingerprint density at radius 2 is 2.06 bits per heavy atom. The van der Waals surface area contributed by atoms with Crippen molar-refractivity contribution in [1.29, 1.82) is 0 Å². The van der Waals surface area contributed by atoms with Gasteiger partial charge in [-0.25, -0.2) is 0 Å². The van der Waals surface area contributed by atoms with E-state index in [9.17, 15) is 4.79 Å². The van der Waals surface area contributed by atoms with Crippen LogP contribution in [0.15, 0.2) is 4.52 Å². The SMILES string of the molecule is CCc1onc(C(=O)NCC(C)(C)CNC)c1C. The monoisotopic (exact) mass is 253 g/mol. The van der Waals surface area contributed by atoms with Gasteiger partial charge in [0.2, 0.25) is 0 Å². The lowest BCUT2D eigenvalue weighted by Crippen LogP contribution is -2.39. The number of aromatic nitrogens is 1. The fourth-order valence-corrected chi connectivity index (χ4v) is 1.86. The molecular formula is C13H23N3O2. The summed E-state index contributed by atoms with van der Waals surface area (Å²) in [4.78, 5) is 12.0. The molecule has 0 aliphatic heterocycles. The van der Waals surface area contributed by atoms with Gasteiger partial charge in [0, 0.05) is 25.1 Å². The number of nitrogens with zero attached hydrogens (tertiary/aromatic N) is 1. The summed E-state index contributed by atoms with van der Waals surface area (Å²) in [5, 5.41) is 9.84. The lowest BCUT2D eigenvalue weighted by Gasteiger charge is -2.24. The van der Waals surface area contributed by atoms with Crippen molar-refractivity contribution in [3.8, 4) is 0 Å². The van der Waals surface area contributed by atoms with Gasteiger partial charge < -0.3 is 15.2 Å². The van der Waals surface area contributed by atoms with Crippen LogP contribution in [-0.4, -0.2) is 31.2 Å². The Bertz CT molecular complexity index is 410. The fraction of sp³-hybridized carbons (Fsp3) is 0.692. The summed E-state index contributed by atoms with van der Waals surface area (Å²) in [6, 6.07) is 0. The Morgan fingerprint density at radius 3 is 2.56 bits per heavy atom. The molecule has 1 rings (SSSR count). The van der Waals surface area contributed by atoms with Gasteiger partial charge in [0.25, 0.3) is 5.91 Å². The molecule has 1 aromatic rings. The lowest BCUT2D eigenvalue weighted by molar-refractivity contribution is 0.0927. The maximum atomic E-state index is 12.0. The van der Waals surface area contributed by atoms with E-state index >= 15 is 0 Å². The van der Waals surface area contributed by atoms with Gasteiger partial charge in [-0.2, -0.15) is 0 Å². The third-order valence-electron chi connectivity index (χ3n) is 2.94. The summed E-state index contributed by atoms with van der Waals surface area (Å²) < 4.78 is 5.12. The average Bonchev–Trinajstić information content (AvgIpc) is 2.67. The molecule has 0 bridgehead atoms. The summed E-state index contributed by atoms with van der Waals surface area (Å²) in [5.74, 6) is 0.606. The topological polar surface area (TPSA) is 67.2 Å². The first-order chi connectivity index (χ1) is 8.41. The highest BCUT2D eigenvalue weighted by Crippen LogP contribution is 2.15. The number of hydrogen-bond donors (Lipinski definition) is 2. The Kier molecular flexibility index (Phi) is 4.90. The number of amides is 1. The molecule has 5 heteroatoms. The lowest BCUT2D eigenvalue weighted by atomic mass is 9.93. The first-order valence-corrected chi connectivity index (χ1v) is 6.29. The summed E-state index contributed by atoms with van der Waals surface area (Å²) in [6.45, 7) is 9.47. The van der Waals surface area contributed by atoms with E-state index < -0.39 is 0 Å². The molecule has 1 amide bonds. The van der Waals surface area contributed by atoms with Crippen molar-refractivity contribution in [3.05, 3.63) is 17.0 Å². The van der Waals surface area contributed by atoms with Gasteiger partial charge in [-0.05, 0) is 19.4 Å². The Balaban J connectivity index is 2.63. The van der Waals surface area contributed by atoms with E-state index in [2.05, 4.69) is 29.6 Å². The summed E-state index contributed by atoms with van der Waals surface area (Å²) >= 11 is 0. The molecular weight excluding hydrogens is 230 g/mol. The van der Waals surface area contributed by atoms with Crippen molar-refractivity contribution in [2.45, 2.75) is 34.1 Å². The standard InChI is InChI=1S/C13H23N3O2/c1-6-10-9(2)11(16-18-10)12(17)15-8-13(3,4)7-14-5/h14H,6-8H2,1-5H3,(H,15,17). The van der Waals surface area contributed by atoms with Gasteiger partial charge in [0.1, 0.15) is 5.76 Å². The largest absolute Gasteiger partial charge is 0.360 e. The van der Waals surface area contributed by atoms with Gasteiger partial charge in [0.05, 0.1) is 0 Å². The second-order valence-corrected chi connectivity index (χ2v) is 5.31. The maximum Gasteiger partial charge on any atom is 0.273 e. The van der Waals surface area contributed by atoms with Crippen LogP contribution in [0, 0.1) is 12.3 Å². The molecule has 1 aromatic heterocycles. The minimum atomic E-state index is -0.167. The van der Waals surface area contributed by atoms with Crippen LogP contribution >= 0.6 is 0 Å². The first-order valence-electron chi connectivity index (χ1n) is 6.29. The Labute approximate surface area is 108 Å². The normalized spacial score (nSPS) is 11.6. The fourth-order valence-electron chi connectivity index (χ4n) is 1.86. The second kappa shape index (κ2) is 6.00. The Morgan fingerprint density at radius 1 is 1.39 bits per heavy atom. The maximum absolute atomic E-state index is 12.0. The molecule has 0 radical (unpaired) electrons. The number of carbonyl (C=O) groups excluding carboxylic acids is 1. The minimum absolute atomic E-state index is 0.00956. The summed E-state index contributed by atoms with van der Waals surface area (Å²) in [5.41, 5.74) is 1.24. The number of hydrogen-bond acceptors (Lipinski definition) is 4. The quantitative estimate of drug-likeness (QED) is 0.806. The smallest absolute Gasteiger partial charge is 0.273 e. The molecule has 2 N–H and O–H groups in total. The van der Waals surface area contributed by atoms with Gasteiger partial charge in [0.15, 0.2) is 5.69 Å². The van der Waals surface area contributed by atoms with E-state index in [1.807, 2.05) is 20.9 Å². The number of nitrogens with one attached hydrogen (secondary N) is 2. The molecule has 0 aromatic carbocycles. The molecule has 0 aliphatic rings. The van der Waals surface area contributed by atoms with Gasteiger partial charge in [-0.3, -0.25) is 4.79 Å². The van der Waals surface area contributed by atoms with Crippen LogP contribution in [0.25, 0.3) is 0 Å².